The van der Waals surface area contributed by atoms with Gasteiger partial charge in [0.25, 0.3) is 0 Å². The Balaban J connectivity index is 2.86. The van der Waals surface area contributed by atoms with Crippen LogP contribution in [0.15, 0.2) is 12.3 Å². The number of rotatable bonds is 0. The zero-order valence-corrected chi connectivity index (χ0v) is 4.77. The van der Waals surface area contributed by atoms with E-state index in [2.05, 4.69) is 14.9 Å². The minimum absolute atomic E-state index is 0.0532. The van der Waals surface area contributed by atoms with Gasteiger partial charge in [0, 0.05) is 0 Å². The van der Waals surface area contributed by atoms with Crippen molar-refractivity contribution in [2.45, 2.75) is 0 Å². The molecule has 0 spiro atoms. The molecule has 1 aliphatic rings. The third-order valence-corrected chi connectivity index (χ3v) is 1.43. The van der Waals surface area contributed by atoms with Crippen LogP contribution in [-0.4, -0.2) is 15.0 Å². The topological polar surface area (TPSA) is 52.6 Å². The largest absolute Gasteiger partial charge is 0.449 e. The smallest absolute Gasteiger partial charge is 0.364 e. The van der Waals surface area contributed by atoms with Crippen molar-refractivity contribution in [3.63, 3.8) is 0 Å². The molecule has 0 aromatic carbocycles. The van der Waals surface area contributed by atoms with Crippen molar-refractivity contribution in [3.05, 3.63) is 12.3 Å². The lowest BCUT2D eigenvalue weighted by molar-refractivity contribution is 0.360. The summed E-state index contributed by atoms with van der Waals surface area (Å²) >= 11 is 0. The van der Waals surface area contributed by atoms with Gasteiger partial charge in [-0.3, -0.25) is 0 Å². The summed E-state index contributed by atoms with van der Waals surface area (Å²) in [6.07, 6.45) is 0. The fourth-order valence-electron chi connectivity index (χ4n) is 0.330. The molecule has 0 saturated carbocycles. The molecule has 1 heterocycles. The molecule has 0 radical (unpaired) electrons. The first kappa shape index (κ1) is 5.58. The molecule has 1 rings (SSSR count). The van der Waals surface area contributed by atoms with E-state index in [9.17, 15) is 8.42 Å². The molecular weight excluding hydrogens is 132 g/mol. The Labute approximate surface area is 47.0 Å². The van der Waals surface area contributed by atoms with E-state index in [4.69, 9.17) is 0 Å². The van der Waals surface area contributed by atoms with Gasteiger partial charge in [-0.25, -0.2) is 4.18 Å². The highest BCUT2D eigenvalue weighted by Crippen LogP contribution is 2.12. The van der Waals surface area contributed by atoms with E-state index in [0.29, 0.717) is 0 Å². The average Bonchev–Trinajstić information content (AvgIpc) is 1.82. The Morgan fingerprint density at radius 2 is 2.25 bits per heavy atom. The van der Waals surface area contributed by atoms with Gasteiger partial charge >= 0.3 is 10.4 Å². The average molecular weight is 136 g/mol. The zero-order chi connectivity index (χ0) is 6.20. The van der Waals surface area contributed by atoms with Gasteiger partial charge in [-0.2, -0.15) is 8.42 Å². The Morgan fingerprint density at radius 3 is 2.38 bits per heavy atom. The SMILES string of the molecule is C=C1COS(=O)(=O)O1. The molecule has 4 nitrogen and oxygen atoms in total. The lowest BCUT2D eigenvalue weighted by Gasteiger charge is -1.85. The van der Waals surface area contributed by atoms with Gasteiger partial charge in [0.05, 0.1) is 0 Å². The molecule has 0 aromatic rings. The molecule has 1 aliphatic heterocycles. The molecular formula is C3H4O4S. The van der Waals surface area contributed by atoms with Crippen LogP contribution in [0.5, 0.6) is 0 Å². The maximum Gasteiger partial charge on any atom is 0.449 e. The van der Waals surface area contributed by atoms with Gasteiger partial charge in [0.15, 0.2) is 0 Å². The van der Waals surface area contributed by atoms with Crippen LogP contribution in [0.1, 0.15) is 0 Å². The Morgan fingerprint density at radius 1 is 1.62 bits per heavy atom. The standard InChI is InChI=1S/C3H4O4S/c1-3-2-6-8(4,5)7-3/h1-2H2. The van der Waals surface area contributed by atoms with Crippen LogP contribution in [0.3, 0.4) is 0 Å². The molecule has 0 amide bonds. The normalized spacial score (nSPS) is 25.2. The van der Waals surface area contributed by atoms with E-state index in [1.165, 1.54) is 0 Å². The van der Waals surface area contributed by atoms with Crippen LogP contribution in [0.25, 0.3) is 0 Å². The fraction of sp³-hybridized carbons (Fsp3) is 0.333. The Hall–Kier alpha value is -0.550. The summed E-state index contributed by atoms with van der Waals surface area (Å²) in [5.41, 5.74) is 0. The lowest BCUT2D eigenvalue weighted by Crippen LogP contribution is -1.94. The molecule has 8 heavy (non-hydrogen) atoms. The summed E-state index contributed by atoms with van der Waals surface area (Å²) in [5.74, 6) is 0.130. The third kappa shape index (κ3) is 0.988. The van der Waals surface area contributed by atoms with E-state index < -0.39 is 10.4 Å². The fourth-order valence-corrected chi connectivity index (χ4v) is 0.991. The predicted octanol–water partition coefficient (Wildman–Crippen LogP) is -0.208. The monoisotopic (exact) mass is 136 g/mol. The van der Waals surface area contributed by atoms with Crippen molar-refractivity contribution >= 4 is 10.4 Å². The van der Waals surface area contributed by atoms with Gasteiger partial charge in [0.1, 0.15) is 12.4 Å². The minimum Gasteiger partial charge on any atom is -0.364 e. The van der Waals surface area contributed by atoms with Crippen LogP contribution in [0, 0.1) is 0 Å². The first-order valence-electron chi connectivity index (χ1n) is 1.87. The summed E-state index contributed by atoms with van der Waals surface area (Å²) in [7, 11) is -3.70. The summed E-state index contributed by atoms with van der Waals surface area (Å²) in [4.78, 5) is 0. The molecule has 0 unspecified atom stereocenters. The highest BCUT2D eigenvalue weighted by atomic mass is 32.3. The Kier molecular flexibility index (Phi) is 1.02. The van der Waals surface area contributed by atoms with Crippen molar-refractivity contribution in [2.24, 2.45) is 0 Å². The summed E-state index contributed by atoms with van der Waals surface area (Å²) in [6.45, 7) is 3.17. The second kappa shape index (κ2) is 1.46. The van der Waals surface area contributed by atoms with Crippen LogP contribution < -0.4 is 0 Å². The minimum atomic E-state index is -3.70. The van der Waals surface area contributed by atoms with Gasteiger partial charge < -0.3 is 4.18 Å². The van der Waals surface area contributed by atoms with Crippen molar-refractivity contribution in [2.75, 3.05) is 6.61 Å². The highest BCUT2D eigenvalue weighted by Gasteiger charge is 2.22. The molecule has 0 N–H and O–H groups in total. The van der Waals surface area contributed by atoms with Gasteiger partial charge in [0.2, 0.25) is 0 Å². The van der Waals surface area contributed by atoms with Crippen molar-refractivity contribution in [3.8, 4) is 0 Å². The van der Waals surface area contributed by atoms with E-state index in [1.54, 1.807) is 0 Å². The highest BCUT2D eigenvalue weighted by molar-refractivity contribution is 7.82. The second-order valence-electron chi connectivity index (χ2n) is 1.29. The van der Waals surface area contributed by atoms with Gasteiger partial charge in [-0.15, -0.1) is 0 Å². The van der Waals surface area contributed by atoms with E-state index in [0.717, 1.165) is 0 Å². The van der Waals surface area contributed by atoms with Gasteiger partial charge in [-0.05, 0) is 0 Å². The Bertz CT molecular complexity index is 201. The lowest BCUT2D eigenvalue weighted by atomic mass is 10.6. The molecule has 1 saturated heterocycles. The molecule has 1 fully saturated rings. The summed E-state index contributed by atoms with van der Waals surface area (Å²) < 4.78 is 28.5. The van der Waals surface area contributed by atoms with Crippen molar-refractivity contribution in [1.82, 2.24) is 0 Å². The van der Waals surface area contributed by atoms with E-state index >= 15 is 0 Å². The van der Waals surface area contributed by atoms with Crippen LogP contribution in [0.4, 0.5) is 0 Å². The molecule has 46 valence electrons. The summed E-state index contributed by atoms with van der Waals surface area (Å²) in [6, 6.07) is 0. The van der Waals surface area contributed by atoms with E-state index in [-0.39, 0.29) is 12.4 Å². The molecule has 0 bridgehead atoms. The quantitative estimate of drug-likeness (QED) is 0.462. The zero-order valence-electron chi connectivity index (χ0n) is 3.96. The maximum absolute atomic E-state index is 10.1. The first-order valence-corrected chi connectivity index (χ1v) is 3.20. The van der Waals surface area contributed by atoms with Gasteiger partial charge in [-0.1, -0.05) is 6.58 Å². The van der Waals surface area contributed by atoms with Crippen molar-refractivity contribution < 1.29 is 16.8 Å². The van der Waals surface area contributed by atoms with Crippen molar-refractivity contribution in [1.29, 1.82) is 0 Å². The van der Waals surface area contributed by atoms with E-state index in [1.807, 2.05) is 0 Å². The molecule has 5 heteroatoms. The summed E-state index contributed by atoms with van der Waals surface area (Å²) in [5, 5.41) is 0. The molecule has 0 aliphatic carbocycles. The van der Waals surface area contributed by atoms with Crippen LogP contribution in [-0.2, 0) is 18.8 Å². The molecule has 0 atom stereocenters. The molecule has 0 aromatic heterocycles. The number of hydrogen-bond donors (Lipinski definition) is 0. The first-order chi connectivity index (χ1) is 3.60. The van der Waals surface area contributed by atoms with Crippen LogP contribution in [0.2, 0.25) is 0 Å². The third-order valence-electron chi connectivity index (χ3n) is 0.584. The van der Waals surface area contributed by atoms with Crippen LogP contribution >= 0.6 is 0 Å². The number of hydrogen-bond acceptors (Lipinski definition) is 4. The maximum atomic E-state index is 10.1. The predicted molar refractivity (Wildman–Crippen MR) is 25.1 cm³/mol. The second-order valence-corrected chi connectivity index (χ2v) is 2.51.